The topological polar surface area (TPSA) is 50.2 Å². The molecule has 0 radical (unpaired) electrons. The van der Waals surface area contributed by atoms with Crippen molar-refractivity contribution in [2.24, 2.45) is 5.92 Å². The Labute approximate surface area is 126 Å². The van der Waals surface area contributed by atoms with Gasteiger partial charge < -0.3 is 10.2 Å². The minimum Gasteiger partial charge on any atom is -0.340 e. The predicted octanol–water partition coefficient (Wildman–Crippen LogP) is 1.71. The van der Waals surface area contributed by atoms with Crippen LogP contribution in [0.5, 0.6) is 0 Å². The third-order valence-corrected chi connectivity index (χ3v) is 4.05. The standard InChI is InChI=1S/C14H22N4O.ClH/c1-17(10-11-4-5-11)14(19)13-6-8-18(16-13)12-3-2-7-15-9-12;/h6,8,11-12,15H,2-5,7,9-10H2,1H3;1H. The molecule has 5 nitrogen and oxygen atoms in total. The molecule has 1 aromatic rings. The van der Waals surface area contributed by atoms with Crippen LogP contribution in [0.3, 0.4) is 0 Å². The SMILES string of the molecule is CN(CC1CC1)C(=O)c1ccn(C2CCCNC2)n1.Cl. The molecular weight excluding hydrogens is 276 g/mol. The van der Waals surface area contributed by atoms with E-state index in [4.69, 9.17) is 0 Å². The van der Waals surface area contributed by atoms with Gasteiger partial charge in [0.15, 0.2) is 0 Å². The van der Waals surface area contributed by atoms with E-state index in [2.05, 4.69) is 10.4 Å². The zero-order chi connectivity index (χ0) is 13.2. The molecular formula is C14H23ClN4O. The predicted molar refractivity (Wildman–Crippen MR) is 80.3 cm³/mol. The molecule has 0 spiro atoms. The minimum atomic E-state index is 0. The summed E-state index contributed by atoms with van der Waals surface area (Å²) in [6.07, 6.45) is 6.78. The number of nitrogens with zero attached hydrogens (tertiary/aromatic N) is 3. The van der Waals surface area contributed by atoms with E-state index in [1.54, 1.807) is 0 Å². The lowest BCUT2D eigenvalue weighted by Gasteiger charge is -2.23. The summed E-state index contributed by atoms with van der Waals surface area (Å²) in [5.74, 6) is 0.771. The van der Waals surface area contributed by atoms with Crippen molar-refractivity contribution in [3.8, 4) is 0 Å². The second-order valence-corrected chi connectivity index (χ2v) is 5.81. The van der Waals surface area contributed by atoms with Crippen LogP contribution in [0, 0.1) is 5.92 Å². The van der Waals surface area contributed by atoms with Crippen molar-refractivity contribution in [3.05, 3.63) is 18.0 Å². The fourth-order valence-electron chi connectivity index (χ4n) is 2.68. The van der Waals surface area contributed by atoms with Crippen molar-refractivity contribution in [2.75, 3.05) is 26.7 Å². The molecule has 2 heterocycles. The first-order chi connectivity index (χ1) is 9.24. The smallest absolute Gasteiger partial charge is 0.274 e. The van der Waals surface area contributed by atoms with Gasteiger partial charge in [-0.05, 0) is 44.2 Å². The lowest BCUT2D eigenvalue weighted by Crippen LogP contribution is -2.32. The first kappa shape index (κ1) is 15.3. The van der Waals surface area contributed by atoms with Crippen LogP contribution in [0.15, 0.2) is 12.3 Å². The third kappa shape index (κ3) is 3.52. The Hall–Kier alpha value is -1.07. The average Bonchev–Trinajstić information content (AvgIpc) is 3.12. The Kier molecular flexibility index (Phi) is 5.05. The maximum Gasteiger partial charge on any atom is 0.274 e. The van der Waals surface area contributed by atoms with Crippen LogP contribution >= 0.6 is 12.4 Å². The molecule has 1 unspecified atom stereocenters. The highest BCUT2D eigenvalue weighted by atomic mass is 35.5. The molecule has 1 aliphatic heterocycles. The molecule has 6 heteroatoms. The third-order valence-electron chi connectivity index (χ3n) is 4.05. The first-order valence-corrected chi connectivity index (χ1v) is 7.25. The van der Waals surface area contributed by atoms with Gasteiger partial charge in [0.25, 0.3) is 5.91 Å². The van der Waals surface area contributed by atoms with Gasteiger partial charge >= 0.3 is 0 Å². The first-order valence-electron chi connectivity index (χ1n) is 7.25. The van der Waals surface area contributed by atoms with Gasteiger partial charge in [-0.25, -0.2) is 0 Å². The van der Waals surface area contributed by atoms with Gasteiger partial charge in [-0.2, -0.15) is 5.10 Å². The Morgan fingerprint density at radius 3 is 2.95 bits per heavy atom. The number of amides is 1. The Morgan fingerprint density at radius 1 is 1.50 bits per heavy atom. The van der Waals surface area contributed by atoms with Crippen molar-refractivity contribution in [2.45, 2.75) is 31.7 Å². The summed E-state index contributed by atoms with van der Waals surface area (Å²) in [4.78, 5) is 14.0. The Bertz CT molecular complexity index is 452. The molecule has 1 aliphatic carbocycles. The normalized spacial score (nSPS) is 22.1. The van der Waals surface area contributed by atoms with Crippen molar-refractivity contribution in [1.29, 1.82) is 0 Å². The molecule has 3 rings (SSSR count). The van der Waals surface area contributed by atoms with Gasteiger partial charge in [0, 0.05) is 26.3 Å². The van der Waals surface area contributed by atoms with Crippen molar-refractivity contribution in [3.63, 3.8) is 0 Å². The zero-order valence-electron chi connectivity index (χ0n) is 11.9. The van der Waals surface area contributed by atoms with Crippen LogP contribution in [-0.2, 0) is 0 Å². The molecule has 1 aromatic heterocycles. The fourth-order valence-corrected chi connectivity index (χ4v) is 2.68. The molecule has 112 valence electrons. The molecule has 20 heavy (non-hydrogen) atoms. The van der Waals surface area contributed by atoms with E-state index >= 15 is 0 Å². The summed E-state index contributed by atoms with van der Waals surface area (Å²) >= 11 is 0. The van der Waals surface area contributed by atoms with E-state index in [0.29, 0.717) is 11.7 Å². The van der Waals surface area contributed by atoms with Gasteiger partial charge in [-0.15, -0.1) is 12.4 Å². The summed E-state index contributed by atoms with van der Waals surface area (Å²) < 4.78 is 1.95. The number of piperidine rings is 1. The molecule has 1 saturated heterocycles. The summed E-state index contributed by atoms with van der Waals surface area (Å²) in [5.41, 5.74) is 0.578. The number of nitrogens with one attached hydrogen (secondary N) is 1. The van der Waals surface area contributed by atoms with Gasteiger partial charge in [0.2, 0.25) is 0 Å². The number of rotatable bonds is 4. The van der Waals surface area contributed by atoms with Gasteiger partial charge in [-0.1, -0.05) is 0 Å². The number of carbonyl (C=O) groups excluding carboxylic acids is 1. The van der Waals surface area contributed by atoms with E-state index in [-0.39, 0.29) is 18.3 Å². The highest BCUT2D eigenvalue weighted by Crippen LogP contribution is 2.29. The molecule has 1 N–H and O–H groups in total. The fraction of sp³-hybridized carbons (Fsp3) is 0.714. The number of hydrogen-bond donors (Lipinski definition) is 1. The van der Waals surface area contributed by atoms with Crippen LogP contribution in [0.1, 0.15) is 42.2 Å². The molecule has 2 aliphatic rings. The number of carbonyl (C=O) groups is 1. The molecule has 0 aromatic carbocycles. The number of hydrogen-bond acceptors (Lipinski definition) is 3. The van der Waals surface area contributed by atoms with Crippen LogP contribution in [0.4, 0.5) is 0 Å². The number of aromatic nitrogens is 2. The van der Waals surface area contributed by atoms with Crippen LogP contribution < -0.4 is 5.32 Å². The average molecular weight is 299 g/mol. The highest BCUT2D eigenvalue weighted by Gasteiger charge is 2.26. The van der Waals surface area contributed by atoms with Gasteiger partial charge in [0.05, 0.1) is 6.04 Å². The summed E-state index contributed by atoms with van der Waals surface area (Å²) in [7, 11) is 1.88. The van der Waals surface area contributed by atoms with E-state index in [1.165, 1.54) is 19.3 Å². The van der Waals surface area contributed by atoms with Crippen LogP contribution in [0.2, 0.25) is 0 Å². The maximum atomic E-state index is 12.2. The van der Waals surface area contributed by atoms with E-state index < -0.39 is 0 Å². The maximum absolute atomic E-state index is 12.2. The molecule has 2 fully saturated rings. The summed E-state index contributed by atoms with van der Waals surface area (Å²) in [5, 5.41) is 7.84. The molecule has 1 saturated carbocycles. The van der Waals surface area contributed by atoms with Gasteiger partial charge in [-0.3, -0.25) is 9.48 Å². The molecule has 0 bridgehead atoms. The van der Waals surface area contributed by atoms with Crippen molar-refractivity contribution >= 4 is 18.3 Å². The Morgan fingerprint density at radius 2 is 2.30 bits per heavy atom. The van der Waals surface area contributed by atoms with Crippen LogP contribution in [-0.4, -0.2) is 47.3 Å². The lowest BCUT2D eigenvalue weighted by atomic mass is 10.1. The monoisotopic (exact) mass is 298 g/mol. The number of halogens is 1. The van der Waals surface area contributed by atoms with E-state index in [1.807, 2.05) is 28.9 Å². The lowest BCUT2D eigenvalue weighted by molar-refractivity contribution is 0.0781. The second kappa shape index (κ2) is 6.59. The van der Waals surface area contributed by atoms with Crippen LogP contribution in [0.25, 0.3) is 0 Å². The second-order valence-electron chi connectivity index (χ2n) is 5.81. The Balaban J connectivity index is 0.00000147. The van der Waals surface area contributed by atoms with Gasteiger partial charge in [0.1, 0.15) is 5.69 Å². The van der Waals surface area contributed by atoms with Crippen molar-refractivity contribution < 1.29 is 4.79 Å². The quantitative estimate of drug-likeness (QED) is 0.921. The van der Waals surface area contributed by atoms with Crippen molar-refractivity contribution in [1.82, 2.24) is 20.0 Å². The van der Waals surface area contributed by atoms with E-state index in [9.17, 15) is 4.79 Å². The van der Waals surface area contributed by atoms with E-state index in [0.717, 1.165) is 32.0 Å². The summed E-state index contributed by atoms with van der Waals surface area (Å²) in [6.45, 7) is 2.91. The summed E-state index contributed by atoms with van der Waals surface area (Å²) in [6, 6.07) is 2.24. The zero-order valence-corrected chi connectivity index (χ0v) is 12.7. The molecule has 1 amide bonds. The minimum absolute atomic E-state index is 0. The largest absolute Gasteiger partial charge is 0.340 e. The highest BCUT2D eigenvalue weighted by molar-refractivity contribution is 5.92. The molecule has 1 atom stereocenters.